The Balaban J connectivity index is 2.64. The smallest absolute Gasteiger partial charge is 0.372 e. The summed E-state index contributed by atoms with van der Waals surface area (Å²) < 4.78 is 16.7. The summed E-state index contributed by atoms with van der Waals surface area (Å²) in [6.07, 6.45) is 2.49. The third-order valence-corrected chi connectivity index (χ3v) is 3.26. The first-order chi connectivity index (χ1) is 8.31. The highest BCUT2D eigenvalue weighted by atomic mass is 31.1. The van der Waals surface area contributed by atoms with Crippen LogP contribution in [-0.4, -0.2) is 46.6 Å². The van der Waals surface area contributed by atoms with Crippen LogP contribution in [-0.2, 0) is 14.1 Å². The molecule has 6 nitrogen and oxygen atoms in total. The molecule has 0 amide bonds. The molecule has 1 aliphatic heterocycles. The zero-order valence-corrected chi connectivity index (χ0v) is 11.9. The van der Waals surface area contributed by atoms with Gasteiger partial charge in [0.05, 0.1) is 11.7 Å². The van der Waals surface area contributed by atoms with Gasteiger partial charge in [-0.1, -0.05) is 0 Å². The summed E-state index contributed by atoms with van der Waals surface area (Å²) >= 11 is 0. The van der Waals surface area contributed by atoms with E-state index < -0.39 is 14.2 Å². The van der Waals surface area contributed by atoms with Crippen molar-refractivity contribution in [1.82, 2.24) is 4.90 Å². The van der Waals surface area contributed by atoms with E-state index >= 15 is 0 Å². The van der Waals surface area contributed by atoms with Gasteiger partial charge < -0.3 is 4.74 Å². The number of likely N-dealkylation sites (tertiary alicyclic amines) is 1. The summed E-state index contributed by atoms with van der Waals surface area (Å²) in [7, 11) is -2.26. The second kappa shape index (κ2) is 6.50. The predicted molar refractivity (Wildman–Crippen MR) is 67.2 cm³/mol. The highest BCUT2D eigenvalue weighted by Crippen LogP contribution is 2.28. The van der Waals surface area contributed by atoms with E-state index in [0.717, 1.165) is 6.42 Å². The Morgan fingerprint density at radius 2 is 2.22 bits per heavy atom. The van der Waals surface area contributed by atoms with Crippen molar-refractivity contribution in [1.29, 1.82) is 0 Å². The number of ether oxygens (including phenoxy) is 1. The summed E-state index contributed by atoms with van der Waals surface area (Å²) in [5.41, 5.74) is -0.246. The minimum Gasteiger partial charge on any atom is -0.372 e. The molecule has 1 saturated heterocycles. The van der Waals surface area contributed by atoms with Crippen LogP contribution < -0.4 is 0 Å². The van der Waals surface area contributed by atoms with Gasteiger partial charge in [-0.25, -0.2) is 9.69 Å². The van der Waals surface area contributed by atoms with Crippen molar-refractivity contribution >= 4 is 14.1 Å². The van der Waals surface area contributed by atoms with Gasteiger partial charge in [-0.3, -0.25) is 0 Å². The van der Waals surface area contributed by atoms with Gasteiger partial charge in [0.2, 0.25) is 12.4 Å². The Labute approximate surface area is 108 Å². The topological polar surface area (TPSA) is 79.2 Å². The molecule has 18 heavy (non-hydrogen) atoms. The average molecular weight is 275 g/mol. The largest absolute Gasteiger partial charge is 0.521 e. The molecule has 1 N–H and O–H groups in total. The van der Waals surface area contributed by atoms with Crippen molar-refractivity contribution in [3.8, 4) is 0 Å². The van der Waals surface area contributed by atoms with Gasteiger partial charge in [-0.15, -0.1) is 0 Å². The number of piperidine rings is 1. The van der Waals surface area contributed by atoms with Gasteiger partial charge in [0.25, 0.3) is 0 Å². The summed E-state index contributed by atoms with van der Waals surface area (Å²) in [5, 5.41) is 0. The maximum Gasteiger partial charge on any atom is 0.521 e. The lowest BCUT2D eigenvalue weighted by Gasteiger charge is -2.36. The van der Waals surface area contributed by atoms with E-state index in [1.807, 2.05) is 20.8 Å². The molecule has 0 aromatic carbocycles. The molecule has 0 radical (unpaired) electrons. The normalized spacial score (nSPS) is 26.6. The standard InChI is InChI=1S/C11H19N2O4P/c1-11(2,3)17-9-4-5-13(8-18(15)16)10(6-9)12-7-14/h9-10H,4-6,8H2,1-3H3/p+1. The van der Waals surface area contributed by atoms with Crippen LogP contribution in [0.1, 0.15) is 33.6 Å². The minimum atomic E-state index is -2.26. The van der Waals surface area contributed by atoms with Gasteiger partial charge in [-0.05, 0) is 31.8 Å². The van der Waals surface area contributed by atoms with Crippen LogP contribution in [0.3, 0.4) is 0 Å². The molecule has 1 fully saturated rings. The monoisotopic (exact) mass is 275 g/mol. The Morgan fingerprint density at radius 1 is 1.56 bits per heavy atom. The Morgan fingerprint density at radius 3 is 2.72 bits per heavy atom. The molecule has 102 valence electrons. The second-order valence-electron chi connectivity index (χ2n) is 5.38. The average Bonchev–Trinajstić information content (AvgIpc) is 2.19. The number of aliphatic imine (C=N–C) groups is 1. The van der Waals surface area contributed by atoms with Crippen LogP contribution in [0, 0.1) is 0 Å². The van der Waals surface area contributed by atoms with Crippen molar-refractivity contribution in [2.45, 2.75) is 51.5 Å². The van der Waals surface area contributed by atoms with Crippen LogP contribution in [0.25, 0.3) is 0 Å². The molecule has 1 aliphatic rings. The molecular weight excluding hydrogens is 255 g/mol. The molecule has 1 rings (SSSR count). The molecule has 0 aliphatic carbocycles. The van der Waals surface area contributed by atoms with E-state index in [2.05, 4.69) is 4.99 Å². The van der Waals surface area contributed by atoms with Gasteiger partial charge in [0, 0.05) is 13.0 Å². The van der Waals surface area contributed by atoms with E-state index in [1.54, 1.807) is 4.90 Å². The molecule has 3 unspecified atom stereocenters. The van der Waals surface area contributed by atoms with Crippen molar-refractivity contribution in [3.63, 3.8) is 0 Å². The molecule has 0 saturated carbocycles. The zero-order chi connectivity index (χ0) is 13.8. The van der Waals surface area contributed by atoms with E-state index in [1.165, 1.54) is 6.08 Å². The SMILES string of the molecule is CC(C)(C)OC1CCN(C[P+](=O)O)C(N=C=O)C1. The zero-order valence-electron chi connectivity index (χ0n) is 11.0. The van der Waals surface area contributed by atoms with Crippen molar-refractivity contribution in [3.05, 3.63) is 0 Å². The maximum absolute atomic E-state index is 10.9. The third-order valence-electron chi connectivity index (χ3n) is 2.66. The molecule has 1 heterocycles. The Bertz CT molecular complexity index is 349. The fraction of sp³-hybridized carbons (Fsp3) is 0.909. The lowest BCUT2D eigenvalue weighted by atomic mass is 10.0. The molecular formula is C11H20N2O4P+. The van der Waals surface area contributed by atoms with E-state index in [-0.39, 0.29) is 18.0 Å². The number of rotatable bonds is 4. The quantitative estimate of drug-likeness (QED) is 0.479. The first-order valence-electron chi connectivity index (χ1n) is 5.94. The summed E-state index contributed by atoms with van der Waals surface area (Å²) in [6, 6.07) is 0. The first kappa shape index (κ1) is 15.4. The van der Waals surface area contributed by atoms with E-state index in [0.29, 0.717) is 13.0 Å². The van der Waals surface area contributed by atoms with E-state index in [4.69, 9.17) is 9.63 Å². The van der Waals surface area contributed by atoms with Crippen LogP contribution in [0.2, 0.25) is 0 Å². The number of hydrogen-bond acceptors (Lipinski definition) is 5. The molecule has 0 aromatic heterocycles. The van der Waals surface area contributed by atoms with E-state index in [9.17, 15) is 9.36 Å². The molecule has 7 heteroatoms. The highest BCUT2D eigenvalue weighted by molar-refractivity contribution is 7.37. The van der Waals surface area contributed by atoms with Crippen molar-refractivity contribution in [2.24, 2.45) is 4.99 Å². The third kappa shape index (κ3) is 5.34. The molecule has 0 spiro atoms. The lowest BCUT2D eigenvalue weighted by Crippen LogP contribution is -2.45. The van der Waals surface area contributed by atoms with Crippen LogP contribution in [0.4, 0.5) is 0 Å². The first-order valence-corrected chi connectivity index (χ1v) is 7.34. The summed E-state index contributed by atoms with van der Waals surface area (Å²) in [5.74, 6) is 0. The van der Waals surface area contributed by atoms with Crippen molar-refractivity contribution in [2.75, 3.05) is 12.8 Å². The minimum absolute atomic E-state index is 0.0138. The molecule has 0 bridgehead atoms. The molecule has 3 atom stereocenters. The fourth-order valence-corrected chi connectivity index (χ4v) is 2.72. The maximum atomic E-state index is 10.9. The number of carbonyl (C=O) groups excluding carboxylic acids is 1. The predicted octanol–water partition coefficient (Wildman–Crippen LogP) is 1.62. The van der Waals surface area contributed by atoms with Crippen LogP contribution >= 0.6 is 8.03 Å². The molecule has 0 aromatic rings. The van der Waals surface area contributed by atoms with Gasteiger partial charge in [-0.2, -0.15) is 9.89 Å². The summed E-state index contributed by atoms with van der Waals surface area (Å²) in [4.78, 5) is 24.8. The number of hydrogen-bond donors (Lipinski definition) is 1. The van der Waals surface area contributed by atoms with Gasteiger partial charge >= 0.3 is 8.03 Å². The van der Waals surface area contributed by atoms with Crippen LogP contribution in [0.5, 0.6) is 0 Å². The van der Waals surface area contributed by atoms with Gasteiger partial charge in [0.15, 0.2) is 0 Å². The number of isocyanates is 1. The fourth-order valence-electron chi connectivity index (χ4n) is 2.08. The van der Waals surface area contributed by atoms with Gasteiger partial charge in [0.1, 0.15) is 6.17 Å². The number of nitrogens with zero attached hydrogens (tertiary/aromatic N) is 2. The Hall–Kier alpha value is -0.640. The van der Waals surface area contributed by atoms with Crippen molar-refractivity contribution < 1.29 is 19.0 Å². The van der Waals surface area contributed by atoms with Crippen LogP contribution in [0.15, 0.2) is 4.99 Å². The highest BCUT2D eigenvalue weighted by Gasteiger charge is 2.34. The summed E-state index contributed by atoms with van der Waals surface area (Å²) in [6.45, 7) is 6.52. The lowest BCUT2D eigenvalue weighted by molar-refractivity contribution is -0.0904. The Kier molecular flexibility index (Phi) is 5.57. The second-order valence-corrected chi connectivity index (χ2v) is 6.37.